The maximum Gasteiger partial charge on any atom is 0.265 e. The van der Waals surface area contributed by atoms with Gasteiger partial charge in [-0.05, 0) is 31.4 Å². The molecule has 4 rings (SSSR count). The van der Waals surface area contributed by atoms with E-state index in [-0.39, 0.29) is 4.90 Å². The van der Waals surface area contributed by atoms with E-state index in [0.717, 1.165) is 5.56 Å². The summed E-state index contributed by atoms with van der Waals surface area (Å²) in [5, 5.41) is 20.5. The van der Waals surface area contributed by atoms with Crippen LogP contribution in [0.4, 0.5) is 5.69 Å². The van der Waals surface area contributed by atoms with E-state index < -0.39 is 28.3 Å². The van der Waals surface area contributed by atoms with Gasteiger partial charge < -0.3 is 10.2 Å². The number of aliphatic hydroxyl groups is 2. The standard InChI is InChI=1S/C18H19NO4S/c20-16-10-5-9-15(18(16)21)19-14-8-3-1-6-12(14)13-7-2-4-11-17(13)24(19,22)23/h1-4,6-8,11,15-16,18,20-21H,5,9-10H2/t15?,16-,18+/m0/s1. The van der Waals surface area contributed by atoms with Crippen LogP contribution in [0.1, 0.15) is 19.3 Å². The van der Waals surface area contributed by atoms with Gasteiger partial charge in [-0.1, -0.05) is 36.4 Å². The van der Waals surface area contributed by atoms with E-state index >= 15 is 0 Å². The van der Waals surface area contributed by atoms with E-state index in [0.29, 0.717) is 30.5 Å². The van der Waals surface area contributed by atoms with Crippen LogP contribution in [0.15, 0.2) is 53.4 Å². The zero-order valence-electron chi connectivity index (χ0n) is 13.0. The molecular weight excluding hydrogens is 326 g/mol. The van der Waals surface area contributed by atoms with E-state index in [1.54, 1.807) is 30.3 Å². The van der Waals surface area contributed by atoms with Crippen LogP contribution >= 0.6 is 0 Å². The second-order valence-corrected chi connectivity index (χ2v) is 8.15. The lowest BCUT2D eigenvalue weighted by atomic mass is 9.89. The third-order valence-electron chi connectivity index (χ3n) is 4.95. The van der Waals surface area contributed by atoms with E-state index in [9.17, 15) is 18.6 Å². The Balaban J connectivity index is 1.95. The molecule has 0 bridgehead atoms. The van der Waals surface area contributed by atoms with Gasteiger partial charge in [0.2, 0.25) is 0 Å². The highest BCUT2D eigenvalue weighted by atomic mass is 32.2. The van der Waals surface area contributed by atoms with Gasteiger partial charge in [-0.25, -0.2) is 8.42 Å². The van der Waals surface area contributed by atoms with Crippen molar-refractivity contribution in [2.45, 2.75) is 42.4 Å². The first-order chi connectivity index (χ1) is 11.5. The summed E-state index contributed by atoms with van der Waals surface area (Å²) in [7, 11) is -3.79. The first-order valence-corrected chi connectivity index (χ1v) is 9.55. The number of benzene rings is 2. The highest BCUT2D eigenvalue weighted by Crippen LogP contribution is 2.45. The molecule has 1 unspecified atom stereocenters. The Kier molecular flexibility index (Phi) is 3.63. The van der Waals surface area contributed by atoms with Crippen LogP contribution in [-0.2, 0) is 10.0 Å². The predicted molar refractivity (Wildman–Crippen MR) is 91.2 cm³/mol. The minimum absolute atomic E-state index is 0.246. The maximum atomic E-state index is 13.3. The Morgan fingerprint density at radius 3 is 2.38 bits per heavy atom. The molecule has 0 spiro atoms. The van der Waals surface area contributed by atoms with Gasteiger partial charge in [0.15, 0.2) is 0 Å². The molecule has 1 aliphatic carbocycles. The molecule has 1 fully saturated rings. The van der Waals surface area contributed by atoms with Gasteiger partial charge in [0.05, 0.1) is 22.7 Å². The number of fused-ring (bicyclic) bond motifs is 3. The Morgan fingerprint density at radius 2 is 1.58 bits per heavy atom. The predicted octanol–water partition coefficient (Wildman–Crippen LogP) is 2.14. The Bertz CT molecular complexity index is 880. The molecule has 1 heterocycles. The van der Waals surface area contributed by atoms with Crippen LogP contribution < -0.4 is 4.31 Å². The molecule has 24 heavy (non-hydrogen) atoms. The molecule has 5 nitrogen and oxygen atoms in total. The zero-order valence-corrected chi connectivity index (χ0v) is 13.9. The molecule has 2 aromatic carbocycles. The van der Waals surface area contributed by atoms with Crippen molar-refractivity contribution in [1.29, 1.82) is 0 Å². The summed E-state index contributed by atoms with van der Waals surface area (Å²) in [4.78, 5) is 0.246. The summed E-state index contributed by atoms with van der Waals surface area (Å²) < 4.78 is 27.8. The second-order valence-electron chi connectivity index (χ2n) is 6.37. The average Bonchev–Trinajstić information content (AvgIpc) is 2.59. The third kappa shape index (κ3) is 2.17. The number of aliphatic hydroxyl groups excluding tert-OH is 2. The monoisotopic (exact) mass is 345 g/mol. The molecule has 2 aliphatic rings. The largest absolute Gasteiger partial charge is 0.390 e. The summed E-state index contributed by atoms with van der Waals surface area (Å²) in [6.45, 7) is 0. The highest BCUT2D eigenvalue weighted by molar-refractivity contribution is 7.93. The summed E-state index contributed by atoms with van der Waals surface area (Å²) in [5.41, 5.74) is 2.07. The van der Waals surface area contributed by atoms with Crippen LogP contribution in [0.25, 0.3) is 11.1 Å². The van der Waals surface area contributed by atoms with Crippen LogP contribution in [0, 0.1) is 0 Å². The third-order valence-corrected chi connectivity index (χ3v) is 6.84. The number of para-hydroxylation sites is 1. The van der Waals surface area contributed by atoms with Gasteiger partial charge in [-0.2, -0.15) is 0 Å². The molecule has 0 radical (unpaired) electrons. The summed E-state index contributed by atoms with van der Waals surface area (Å²) in [6, 6.07) is 13.6. The average molecular weight is 345 g/mol. The van der Waals surface area contributed by atoms with Gasteiger partial charge in [0, 0.05) is 11.1 Å². The van der Waals surface area contributed by atoms with Crippen LogP contribution in [0.3, 0.4) is 0 Å². The van der Waals surface area contributed by atoms with Crippen molar-refractivity contribution >= 4 is 15.7 Å². The summed E-state index contributed by atoms with van der Waals surface area (Å²) >= 11 is 0. The Hall–Kier alpha value is -1.89. The van der Waals surface area contributed by atoms with Crippen molar-refractivity contribution in [1.82, 2.24) is 0 Å². The first kappa shape index (κ1) is 15.6. The van der Waals surface area contributed by atoms with Gasteiger partial charge in [-0.15, -0.1) is 0 Å². The lowest BCUT2D eigenvalue weighted by Crippen LogP contribution is -2.54. The van der Waals surface area contributed by atoms with Crippen LogP contribution in [0.2, 0.25) is 0 Å². The number of hydrogen-bond donors (Lipinski definition) is 2. The molecule has 126 valence electrons. The molecule has 3 atom stereocenters. The van der Waals surface area contributed by atoms with Crippen molar-refractivity contribution in [3.05, 3.63) is 48.5 Å². The van der Waals surface area contributed by atoms with Crippen molar-refractivity contribution in [3.63, 3.8) is 0 Å². The highest BCUT2D eigenvalue weighted by Gasteiger charge is 2.44. The van der Waals surface area contributed by atoms with Gasteiger partial charge in [0.25, 0.3) is 10.0 Å². The van der Waals surface area contributed by atoms with Crippen molar-refractivity contribution in [2.24, 2.45) is 0 Å². The lowest BCUT2D eigenvalue weighted by Gasteiger charge is -2.42. The number of sulfonamides is 1. The van der Waals surface area contributed by atoms with Crippen molar-refractivity contribution in [2.75, 3.05) is 4.31 Å². The van der Waals surface area contributed by atoms with Crippen molar-refractivity contribution in [3.8, 4) is 11.1 Å². The molecule has 1 saturated carbocycles. The summed E-state index contributed by atoms with van der Waals surface area (Å²) in [6.07, 6.45) is -0.300. The normalized spacial score (nSPS) is 28.1. The molecule has 0 amide bonds. The fraction of sp³-hybridized carbons (Fsp3) is 0.333. The van der Waals surface area contributed by atoms with E-state index in [1.165, 1.54) is 4.31 Å². The van der Waals surface area contributed by atoms with Gasteiger partial charge >= 0.3 is 0 Å². The quantitative estimate of drug-likeness (QED) is 0.830. The topological polar surface area (TPSA) is 77.8 Å². The lowest BCUT2D eigenvalue weighted by molar-refractivity contribution is -0.0193. The van der Waals surface area contributed by atoms with Gasteiger partial charge in [0.1, 0.15) is 6.10 Å². The molecule has 2 aromatic rings. The van der Waals surface area contributed by atoms with E-state index in [1.807, 2.05) is 18.2 Å². The minimum atomic E-state index is -3.79. The Morgan fingerprint density at radius 1 is 0.917 bits per heavy atom. The van der Waals surface area contributed by atoms with Gasteiger partial charge in [-0.3, -0.25) is 4.31 Å². The Labute approximate surface area is 141 Å². The van der Waals surface area contributed by atoms with E-state index in [2.05, 4.69) is 0 Å². The number of nitrogens with zero attached hydrogens (tertiary/aromatic N) is 1. The smallest absolute Gasteiger partial charge is 0.265 e. The number of rotatable bonds is 1. The van der Waals surface area contributed by atoms with Crippen molar-refractivity contribution < 1.29 is 18.6 Å². The first-order valence-electron chi connectivity index (χ1n) is 8.11. The molecular formula is C18H19NO4S. The fourth-order valence-electron chi connectivity index (χ4n) is 3.79. The number of hydrogen-bond acceptors (Lipinski definition) is 4. The fourth-order valence-corrected chi connectivity index (χ4v) is 5.71. The zero-order chi connectivity index (χ0) is 16.9. The van der Waals surface area contributed by atoms with Crippen LogP contribution in [0.5, 0.6) is 0 Å². The molecule has 2 N–H and O–H groups in total. The number of anilines is 1. The molecule has 6 heteroatoms. The SMILES string of the molecule is O=S1(=O)c2ccccc2-c2ccccc2N1C1CCC[C@H](O)[C@@H]1O. The maximum absolute atomic E-state index is 13.3. The molecule has 0 saturated heterocycles. The van der Waals surface area contributed by atoms with E-state index in [4.69, 9.17) is 0 Å². The minimum Gasteiger partial charge on any atom is -0.390 e. The summed E-state index contributed by atoms with van der Waals surface area (Å²) in [5.74, 6) is 0. The second kappa shape index (κ2) is 5.58. The van der Waals surface area contributed by atoms with Crippen LogP contribution in [-0.4, -0.2) is 36.9 Å². The molecule has 1 aliphatic heterocycles. The molecule has 0 aromatic heterocycles.